The first-order chi connectivity index (χ1) is 10.6. The van der Waals surface area contributed by atoms with E-state index in [2.05, 4.69) is 35.9 Å². The monoisotopic (exact) mass is 305 g/mol. The molecule has 1 saturated carbocycles. The second-order valence-electron chi connectivity index (χ2n) is 6.67. The van der Waals surface area contributed by atoms with Gasteiger partial charge in [0.2, 0.25) is 0 Å². The van der Waals surface area contributed by atoms with Crippen molar-refractivity contribution in [3.63, 3.8) is 0 Å². The highest BCUT2D eigenvalue weighted by molar-refractivity contribution is 5.94. The highest BCUT2D eigenvalue weighted by Crippen LogP contribution is 2.35. The number of rotatable bonds is 5. The number of aromatic nitrogens is 2. The Bertz CT molecular complexity index is 546. The fourth-order valence-electron chi connectivity index (χ4n) is 3.64. The molecular weight excluding hydrogens is 278 g/mol. The summed E-state index contributed by atoms with van der Waals surface area (Å²) >= 11 is 0. The van der Waals surface area contributed by atoms with Gasteiger partial charge in [-0.15, -0.1) is 0 Å². The molecule has 1 aromatic rings. The molecule has 0 bridgehead atoms. The Hall–Kier alpha value is -1.36. The van der Waals surface area contributed by atoms with Crippen LogP contribution in [-0.2, 0) is 11.2 Å². The van der Waals surface area contributed by atoms with Gasteiger partial charge in [0.25, 0.3) is 5.91 Å². The van der Waals surface area contributed by atoms with Crippen molar-refractivity contribution in [3.8, 4) is 0 Å². The van der Waals surface area contributed by atoms with Crippen LogP contribution in [0.2, 0.25) is 0 Å². The van der Waals surface area contributed by atoms with Gasteiger partial charge in [-0.25, -0.2) is 0 Å². The van der Waals surface area contributed by atoms with Crippen molar-refractivity contribution in [1.29, 1.82) is 0 Å². The summed E-state index contributed by atoms with van der Waals surface area (Å²) in [6.45, 7) is 8.39. The molecule has 1 aliphatic heterocycles. The number of aromatic amines is 1. The zero-order valence-electron chi connectivity index (χ0n) is 14.1. The molecule has 1 fully saturated rings. The van der Waals surface area contributed by atoms with Gasteiger partial charge in [0, 0.05) is 24.1 Å². The van der Waals surface area contributed by atoms with E-state index in [-0.39, 0.29) is 18.1 Å². The minimum absolute atomic E-state index is 0.0182. The Kier molecular flexibility index (Phi) is 4.26. The van der Waals surface area contributed by atoms with Crippen LogP contribution in [0.3, 0.4) is 0 Å². The van der Waals surface area contributed by atoms with Crippen molar-refractivity contribution in [2.75, 3.05) is 0 Å². The van der Waals surface area contributed by atoms with Crippen LogP contribution < -0.4 is 0 Å². The summed E-state index contributed by atoms with van der Waals surface area (Å²) < 4.78 is 5.82. The topological polar surface area (TPSA) is 58.2 Å². The van der Waals surface area contributed by atoms with E-state index in [4.69, 9.17) is 4.74 Å². The molecule has 22 heavy (non-hydrogen) atoms. The van der Waals surface area contributed by atoms with E-state index in [1.807, 2.05) is 6.92 Å². The molecule has 0 spiro atoms. The molecule has 1 amide bonds. The van der Waals surface area contributed by atoms with Crippen LogP contribution in [0.25, 0.3) is 0 Å². The van der Waals surface area contributed by atoms with Crippen LogP contribution in [0.1, 0.15) is 81.2 Å². The lowest BCUT2D eigenvalue weighted by Gasteiger charge is -2.31. The predicted octanol–water partition coefficient (Wildman–Crippen LogP) is 3.23. The Morgan fingerprint density at radius 2 is 2.05 bits per heavy atom. The molecular formula is C17H27N3O2. The average molecular weight is 305 g/mol. The Labute approximate surface area is 132 Å². The van der Waals surface area contributed by atoms with Crippen LogP contribution in [0.4, 0.5) is 0 Å². The molecule has 0 aromatic carbocycles. The Morgan fingerprint density at radius 1 is 1.36 bits per heavy atom. The summed E-state index contributed by atoms with van der Waals surface area (Å²) in [7, 11) is 0. The van der Waals surface area contributed by atoms with Crippen molar-refractivity contribution in [3.05, 3.63) is 17.0 Å². The highest BCUT2D eigenvalue weighted by atomic mass is 16.5. The van der Waals surface area contributed by atoms with E-state index in [0.29, 0.717) is 17.8 Å². The zero-order valence-corrected chi connectivity index (χ0v) is 14.1. The number of carbonyl (C=O) groups is 1. The quantitative estimate of drug-likeness (QED) is 0.908. The maximum atomic E-state index is 13.1. The summed E-state index contributed by atoms with van der Waals surface area (Å²) in [5.41, 5.74) is 2.66. The summed E-state index contributed by atoms with van der Waals surface area (Å²) in [5.74, 6) is 0.106. The number of nitrogens with one attached hydrogen (secondary N) is 1. The third-order valence-electron chi connectivity index (χ3n) is 4.95. The average Bonchev–Trinajstić information content (AvgIpc) is 3.22. The van der Waals surface area contributed by atoms with E-state index in [0.717, 1.165) is 43.4 Å². The van der Waals surface area contributed by atoms with Gasteiger partial charge in [0.1, 0.15) is 0 Å². The third-order valence-corrected chi connectivity index (χ3v) is 4.95. The largest absolute Gasteiger partial charge is 0.369 e. The van der Waals surface area contributed by atoms with E-state index < -0.39 is 0 Å². The number of hydrogen-bond acceptors (Lipinski definition) is 3. The first-order valence-electron chi connectivity index (χ1n) is 8.62. The summed E-state index contributed by atoms with van der Waals surface area (Å²) in [5, 5.41) is 7.41. The van der Waals surface area contributed by atoms with Crippen molar-refractivity contribution in [2.45, 2.75) is 84.1 Å². The first kappa shape index (κ1) is 15.5. The summed E-state index contributed by atoms with van der Waals surface area (Å²) in [4.78, 5) is 15.2. The van der Waals surface area contributed by atoms with Crippen molar-refractivity contribution in [1.82, 2.24) is 15.1 Å². The van der Waals surface area contributed by atoms with Gasteiger partial charge in [-0.1, -0.05) is 13.8 Å². The maximum absolute atomic E-state index is 13.1. The van der Waals surface area contributed by atoms with Crippen LogP contribution in [0.5, 0.6) is 0 Å². The van der Waals surface area contributed by atoms with Gasteiger partial charge < -0.3 is 9.64 Å². The number of amides is 1. The molecule has 3 rings (SSSR count). The molecule has 5 nitrogen and oxygen atoms in total. The lowest BCUT2D eigenvalue weighted by Crippen LogP contribution is -2.42. The lowest BCUT2D eigenvalue weighted by molar-refractivity contribution is -0.00704. The molecule has 1 aliphatic carbocycles. The molecule has 0 radical (unpaired) electrons. The summed E-state index contributed by atoms with van der Waals surface area (Å²) in [6, 6.07) is 0.737. The lowest BCUT2D eigenvalue weighted by atomic mass is 9.98. The standard InChI is InChI=1S/C17H27N3O2/c1-5-12(6-2)20(13-7-8-13)17(21)16-14-9-10(3)22-11(4)15(14)18-19-16/h10-13H,5-9H2,1-4H3,(H,18,19)/t10-,11+/m0/s1. The van der Waals surface area contributed by atoms with Gasteiger partial charge in [0.15, 0.2) is 5.69 Å². The van der Waals surface area contributed by atoms with E-state index in [1.54, 1.807) is 0 Å². The number of nitrogens with zero attached hydrogens (tertiary/aromatic N) is 2. The number of hydrogen-bond donors (Lipinski definition) is 1. The van der Waals surface area contributed by atoms with Crippen LogP contribution in [0.15, 0.2) is 0 Å². The number of H-pyrrole nitrogens is 1. The number of fused-ring (bicyclic) bond motifs is 1. The maximum Gasteiger partial charge on any atom is 0.275 e. The normalized spacial score (nSPS) is 24.4. The summed E-state index contributed by atoms with van der Waals surface area (Å²) in [6.07, 6.45) is 5.14. The smallest absolute Gasteiger partial charge is 0.275 e. The molecule has 0 saturated heterocycles. The fourth-order valence-corrected chi connectivity index (χ4v) is 3.64. The molecule has 122 valence electrons. The van der Waals surface area contributed by atoms with Gasteiger partial charge in [-0.3, -0.25) is 9.89 Å². The third kappa shape index (κ3) is 2.67. The van der Waals surface area contributed by atoms with Crippen molar-refractivity contribution < 1.29 is 9.53 Å². The van der Waals surface area contributed by atoms with Gasteiger partial charge >= 0.3 is 0 Å². The molecule has 2 atom stereocenters. The predicted molar refractivity (Wildman–Crippen MR) is 84.8 cm³/mol. The van der Waals surface area contributed by atoms with Crippen LogP contribution in [-0.4, -0.2) is 39.2 Å². The minimum Gasteiger partial charge on any atom is -0.369 e. The van der Waals surface area contributed by atoms with Gasteiger partial charge in [-0.2, -0.15) is 5.10 Å². The van der Waals surface area contributed by atoms with Crippen molar-refractivity contribution >= 4 is 5.91 Å². The number of carbonyl (C=O) groups excluding carboxylic acids is 1. The second kappa shape index (κ2) is 6.03. The van der Waals surface area contributed by atoms with E-state index in [9.17, 15) is 4.79 Å². The molecule has 1 N–H and O–H groups in total. The molecule has 1 aromatic heterocycles. The van der Waals surface area contributed by atoms with E-state index in [1.165, 1.54) is 0 Å². The molecule has 5 heteroatoms. The second-order valence-corrected chi connectivity index (χ2v) is 6.67. The minimum atomic E-state index is -0.0182. The Balaban J connectivity index is 1.91. The Morgan fingerprint density at radius 3 is 2.64 bits per heavy atom. The molecule has 2 aliphatic rings. The molecule has 0 unspecified atom stereocenters. The van der Waals surface area contributed by atoms with Gasteiger partial charge in [-0.05, 0) is 39.5 Å². The first-order valence-corrected chi connectivity index (χ1v) is 8.62. The fraction of sp³-hybridized carbons (Fsp3) is 0.765. The zero-order chi connectivity index (χ0) is 15.9. The SMILES string of the molecule is CCC(CC)N(C(=O)c1n[nH]c2c1C[C@H](C)O[C@@H]2C)C1CC1. The van der Waals surface area contributed by atoms with Crippen LogP contribution in [0, 0.1) is 0 Å². The van der Waals surface area contributed by atoms with E-state index >= 15 is 0 Å². The van der Waals surface area contributed by atoms with Crippen LogP contribution >= 0.6 is 0 Å². The number of ether oxygens (including phenoxy) is 1. The van der Waals surface area contributed by atoms with Gasteiger partial charge in [0.05, 0.1) is 17.9 Å². The highest BCUT2D eigenvalue weighted by Gasteiger charge is 2.39. The van der Waals surface area contributed by atoms with Crippen molar-refractivity contribution in [2.24, 2.45) is 0 Å². The molecule has 2 heterocycles.